The fourth-order valence-electron chi connectivity index (χ4n) is 3.85. The van der Waals surface area contributed by atoms with E-state index in [1.54, 1.807) is 16.7 Å². The fraction of sp³-hybridized carbons (Fsp3) is 0.440. The summed E-state index contributed by atoms with van der Waals surface area (Å²) in [6.07, 6.45) is 4.74. The van der Waals surface area contributed by atoms with Crippen molar-refractivity contribution in [1.82, 2.24) is 10.2 Å². The molecular formula is C25H31ClN2O2S. The summed E-state index contributed by atoms with van der Waals surface area (Å²) in [5.74, 6) is 1.49. The second-order valence-corrected chi connectivity index (χ2v) is 9.58. The molecule has 0 aromatic heterocycles. The summed E-state index contributed by atoms with van der Waals surface area (Å²) < 4.78 is 0. The molecule has 0 saturated heterocycles. The van der Waals surface area contributed by atoms with Crippen molar-refractivity contribution in [1.29, 1.82) is 0 Å². The summed E-state index contributed by atoms with van der Waals surface area (Å²) in [6, 6.07) is 17.4. The van der Waals surface area contributed by atoms with E-state index in [9.17, 15) is 9.59 Å². The summed E-state index contributed by atoms with van der Waals surface area (Å²) >= 11 is 8.08. The van der Waals surface area contributed by atoms with E-state index >= 15 is 0 Å². The first-order chi connectivity index (χ1) is 15.0. The third kappa shape index (κ3) is 7.29. The van der Waals surface area contributed by atoms with Crippen LogP contribution in [0, 0.1) is 0 Å². The number of thioether (sulfide) groups is 1. The largest absolute Gasteiger partial charge is 0.352 e. The summed E-state index contributed by atoms with van der Waals surface area (Å²) in [5, 5.41) is 3.75. The van der Waals surface area contributed by atoms with Gasteiger partial charge in [-0.15, -0.1) is 0 Å². The van der Waals surface area contributed by atoms with E-state index in [1.165, 1.54) is 5.56 Å². The van der Waals surface area contributed by atoms with Crippen LogP contribution in [0.1, 0.15) is 50.2 Å². The fourth-order valence-corrected chi connectivity index (χ4v) is 4.94. The topological polar surface area (TPSA) is 49.4 Å². The van der Waals surface area contributed by atoms with E-state index in [0.29, 0.717) is 23.7 Å². The van der Waals surface area contributed by atoms with Gasteiger partial charge >= 0.3 is 0 Å². The molecule has 1 aliphatic carbocycles. The van der Waals surface area contributed by atoms with Crippen molar-refractivity contribution in [3.8, 4) is 0 Å². The second kappa shape index (κ2) is 12.2. The number of carbonyl (C=O) groups is 2. The average Bonchev–Trinajstić information content (AvgIpc) is 3.29. The lowest BCUT2D eigenvalue weighted by molar-refractivity contribution is -0.140. The van der Waals surface area contributed by atoms with Crippen molar-refractivity contribution >= 4 is 35.2 Å². The third-order valence-electron chi connectivity index (χ3n) is 5.74. The lowest BCUT2D eigenvalue weighted by Crippen LogP contribution is -2.49. The van der Waals surface area contributed by atoms with Crippen LogP contribution >= 0.6 is 23.4 Å². The maximum Gasteiger partial charge on any atom is 0.242 e. The van der Waals surface area contributed by atoms with E-state index in [0.717, 1.165) is 37.0 Å². The highest BCUT2D eigenvalue weighted by molar-refractivity contribution is 7.98. The molecule has 4 nitrogen and oxygen atoms in total. The molecular weight excluding hydrogens is 428 g/mol. The smallest absolute Gasteiger partial charge is 0.242 e. The number of benzene rings is 2. The molecule has 6 heteroatoms. The standard InChI is InChI=1S/C25H31ClN2O2S/c1-19(25(30)27-22-12-6-7-13-22)28(17-21-11-5-8-14-23(21)26)24(29)15-16-31-18-20-9-3-2-4-10-20/h2-5,8-11,14,19,22H,6-7,12-13,15-18H2,1H3,(H,27,30). The molecule has 166 valence electrons. The van der Waals surface area contributed by atoms with Gasteiger partial charge in [0.1, 0.15) is 6.04 Å². The van der Waals surface area contributed by atoms with Crippen LogP contribution in [-0.2, 0) is 21.9 Å². The molecule has 0 heterocycles. The average molecular weight is 459 g/mol. The molecule has 31 heavy (non-hydrogen) atoms. The molecule has 1 aliphatic rings. The predicted octanol–water partition coefficient (Wildman–Crippen LogP) is 5.44. The van der Waals surface area contributed by atoms with Crippen LogP contribution in [0.4, 0.5) is 0 Å². The highest BCUT2D eigenvalue weighted by atomic mass is 35.5. The monoisotopic (exact) mass is 458 g/mol. The Labute approximate surface area is 194 Å². The Kier molecular flexibility index (Phi) is 9.29. The van der Waals surface area contributed by atoms with E-state index in [-0.39, 0.29) is 17.9 Å². The molecule has 2 aromatic carbocycles. The molecule has 2 amide bonds. The van der Waals surface area contributed by atoms with Gasteiger partial charge < -0.3 is 10.2 Å². The van der Waals surface area contributed by atoms with Gasteiger partial charge in [-0.1, -0.05) is 73.0 Å². The molecule has 0 radical (unpaired) electrons. The Morgan fingerprint density at radius 3 is 2.48 bits per heavy atom. The highest BCUT2D eigenvalue weighted by Crippen LogP contribution is 2.22. The zero-order valence-electron chi connectivity index (χ0n) is 18.1. The maximum absolute atomic E-state index is 13.1. The zero-order chi connectivity index (χ0) is 22.1. The number of hydrogen-bond donors (Lipinski definition) is 1. The molecule has 0 bridgehead atoms. The van der Waals surface area contributed by atoms with Crippen molar-refractivity contribution in [2.24, 2.45) is 0 Å². The van der Waals surface area contributed by atoms with E-state index in [4.69, 9.17) is 11.6 Å². The van der Waals surface area contributed by atoms with Crippen molar-refractivity contribution in [2.45, 2.75) is 63.4 Å². The van der Waals surface area contributed by atoms with Crippen LogP contribution in [0.3, 0.4) is 0 Å². The van der Waals surface area contributed by atoms with Crippen molar-refractivity contribution < 1.29 is 9.59 Å². The van der Waals surface area contributed by atoms with Gasteiger partial charge in [-0.2, -0.15) is 11.8 Å². The first kappa shape index (κ1) is 23.7. The lowest BCUT2D eigenvalue weighted by atomic mass is 10.1. The summed E-state index contributed by atoms with van der Waals surface area (Å²) in [4.78, 5) is 27.7. The van der Waals surface area contributed by atoms with Gasteiger partial charge in [0.25, 0.3) is 0 Å². The SMILES string of the molecule is CC(C(=O)NC1CCCC1)N(Cc1ccccc1Cl)C(=O)CCSCc1ccccc1. The van der Waals surface area contributed by atoms with Gasteiger partial charge in [0.05, 0.1) is 0 Å². The van der Waals surface area contributed by atoms with Crippen molar-refractivity contribution in [2.75, 3.05) is 5.75 Å². The Morgan fingerprint density at radius 1 is 1.10 bits per heavy atom. The number of carbonyl (C=O) groups excluding carboxylic acids is 2. The molecule has 1 atom stereocenters. The number of hydrogen-bond acceptors (Lipinski definition) is 3. The maximum atomic E-state index is 13.1. The van der Waals surface area contributed by atoms with Crippen LogP contribution in [0.15, 0.2) is 54.6 Å². The van der Waals surface area contributed by atoms with Crippen LogP contribution in [0.2, 0.25) is 5.02 Å². The number of nitrogens with zero attached hydrogens (tertiary/aromatic N) is 1. The van der Waals surface area contributed by atoms with Gasteiger partial charge in [0, 0.05) is 35.5 Å². The van der Waals surface area contributed by atoms with E-state index < -0.39 is 6.04 Å². The Hall–Kier alpha value is -1.98. The van der Waals surface area contributed by atoms with Gasteiger partial charge in [0.2, 0.25) is 11.8 Å². The van der Waals surface area contributed by atoms with E-state index in [1.807, 2.05) is 49.4 Å². The first-order valence-corrected chi connectivity index (χ1v) is 12.5. The third-order valence-corrected chi connectivity index (χ3v) is 7.14. The molecule has 1 saturated carbocycles. The molecule has 1 N–H and O–H groups in total. The molecule has 0 spiro atoms. The van der Waals surface area contributed by atoms with Crippen LogP contribution in [-0.4, -0.2) is 34.6 Å². The van der Waals surface area contributed by atoms with Crippen molar-refractivity contribution in [3.05, 3.63) is 70.7 Å². The Morgan fingerprint density at radius 2 is 1.77 bits per heavy atom. The number of nitrogens with one attached hydrogen (secondary N) is 1. The van der Waals surface area contributed by atoms with E-state index in [2.05, 4.69) is 17.4 Å². The molecule has 1 unspecified atom stereocenters. The number of rotatable bonds is 10. The molecule has 1 fully saturated rings. The van der Waals surface area contributed by atoms with Crippen LogP contribution in [0.5, 0.6) is 0 Å². The van der Waals surface area contributed by atoms with Gasteiger partial charge in [-0.25, -0.2) is 0 Å². The number of halogens is 1. The Balaban J connectivity index is 1.61. The van der Waals surface area contributed by atoms with Crippen LogP contribution < -0.4 is 5.32 Å². The predicted molar refractivity (Wildman–Crippen MR) is 129 cm³/mol. The lowest BCUT2D eigenvalue weighted by Gasteiger charge is -2.30. The second-order valence-electron chi connectivity index (χ2n) is 8.07. The van der Waals surface area contributed by atoms with Crippen molar-refractivity contribution in [3.63, 3.8) is 0 Å². The molecule has 2 aromatic rings. The minimum atomic E-state index is -0.538. The van der Waals surface area contributed by atoms with Gasteiger partial charge in [0.15, 0.2) is 0 Å². The molecule has 3 rings (SSSR count). The van der Waals surface area contributed by atoms with Crippen LogP contribution in [0.25, 0.3) is 0 Å². The Bertz CT molecular complexity index is 856. The quantitative estimate of drug-likeness (QED) is 0.482. The summed E-state index contributed by atoms with van der Waals surface area (Å²) in [7, 11) is 0. The zero-order valence-corrected chi connectivity index (χ0v) is 19.6. The van der Waals surface area contributed by atoms with Gasteiger partial charge in [-0.3, -0.25) is 9.59 Å². The molecule has 0 aliphatic heterocycles. The minimum absolute atomic E-state index is 0.0189. The number of amides is 2. The summed E-state index contributed by atoms with van der Waals surface area (Å²) in [6.45, 7) is 2.15. The highest BCUT2D eigenvalue weighted by Gasteiger charge is 2.28. The normalized spacial score (nSPS) is 14.9. The van der Waals surface area contributed by atoms with Gasteiger partial charge in [-0.05, 0) is 37.0 Å². The summed E-state index contributed by atoms with van der Waals surface area (Å²) in [5.41, 5.74) is 2.10. The minimum Gasteiger partial charge on any atom is -0.352 e. The first-order valence-electron chi connectivity index (χ1n) is 11.0.